The summed E-state index contributed by atoms with van der Waals surface area (Å²) in [5.74, 6) is -0.937. The molecule has 6 nitrogen and oxygen atoms in total. The molecule has 0 aliphatic heterocycles. The number of carbonyl (C=O) groups excluding carboxylic acids is 1. The number of carboxylic acids is 1. The lowest BCUT2D eigenvalue weighted by Gasteiger charge is -2.20. The lowest BCUT2D eigenvalue weighted by molar-refractivity contribution is -0.137. The van der Waals surface area contributed by atoms with E-state index in [2.05, 4.69) is 34.6 Å². The van der Waals surface area contributed by atoms with Gasteiger partial charge in [-0.15, -0.1) is 0 Å². The molecular formula is C29H26N2O4. The van der Waals surface area contributed by atoms with E-state index in [1.54, 1.807) is 12.4 Å². The number of alkyl carbamates (subject to hydrolysis) is 1. The van der Waals surface area contributed by atoms with Crippen LogP contribution in [0.1, 0.15) is 35.4 Å². The number of hydrogen-bond acceptors (Lipinski definition) is 4. The van der Waals surface area contributed by atoms with Crippen LogP contribution in [0.2, 0.25) is 0 Å². The molecule has 176 valence electrons. The van der Waals surface area contributed by atoms with E-state index in [0.717, 1.165) is 27.5 Å². The first-order chi connectivity index (χ1) is 17.1. The van der Waals surface area contributed by atoms with Gasteiger partial charge < -0.3 is 15.2 Å². The van der Waals surface area contributed by atoms with E-state index >= 15 is 0 Å². The van der Waals surface area contributed by atoms with Gasteiger partial charge in [0.05, 0.1) is 0 Å². The summed E-state index contributed by atoms with van der Waals surface area (Å²) >= 11 is 0. The highest BCUT2D eigenvalue weighted by atomic mass is 16.5. The molecular weight excluding hydrogens is 440 g/mol. The van der Waals surface area contributed by atoms with Crippen LogP contribution in [0, 0.1) is 0 Å². The molecule has 35 heavy (non-hydrogen) atoms. The van der Waals surface area contributed by atoms with Gasteiger partial charge in [-0.2, -0.15) is 0 Å². The fraction of sp³-hybridized carbons (Fsp3) is 0.207. The van der Waals surface area contributed by atoms with Gasteiger partial charge in [0, 0.05) is 36.2 Å². The zero-order valence-corrected chi connectivity index (χ0v) is 19.2. The van der Waals surface area contributed by atoms with Crippen molar-refractivity contribution in [2.75, 3.05) is 6.61 Å². The molecule has 0 fully saturated rings. The fourth-order valence-corrected chi connectivity index (χ4v) is 4.94. The van der Waals surface area contributed by atoms with Crippen LogP contribution < -0.4 is 5.32 Å². The standard InChI is InChI=1S/C29H26N2O4/c32-28(33)14-13-21(15-20-17-30-16-19-7-1-2-8-22(19)20)31-29(34)35-18-27-25-11-5-3-9-23(25)24-10-4-6-12-26(24)27/h1-12,16-17,21,27H,13-15,18H2,(H,31,34)(H,32,33). The van der Waals surface area contributed by atoms with E-state index < -0.39 is 18.1 Å². The Hall–Kier alpha value is -4.19. The largest absolute Gasteiger partial charge is 0.481 e. The van der Waals surface area contributed by atoms with E-state index in [9.17, 15) is 14.7 Å². The van der Waals surface area contributed by atoms with Gasteiger partial charge in [-0.3, -0.25) is 9.78 Å². The second-order valence-electron chi connectivity index (χ2n) is 8.82. The average Bonchev–Trinajstić information content (AvgIpc) is 3.20. The number of fused-ring (bicyclic) bond motifs is 4. The SMILES string of the molecule is O=C(O)CCC(Cc1cncc2ccccc12)NC(=O)OCC1c2ccccc2-c2ccccc21. The highest BCUT2D eigenvalue weighted by Crippen LogP contribution is 2.44. The number of carbonyl (C=O) groups is 2. The molecule has 0 spiro atoms. The highest BCUT2D eigenvalue weighted by Gasteiger charge is 2.29. The van der Waals surface area contributed by atoms with Crippen LogP contribution in [-0.2, 0) is 16.0 Å². The molecule has 0 radical (unpaired) electrons. The maximum atomic E-state index is 12.8. The maximum Gasteiger partial charge on any atom is 0.407 e. The Bertz CT molecular complexity index is 1330. The second kappa shape index (κ2) is 9.97. The van der Waals surface area contributed by atoms with Crippen LogP contribution in [0.3, 0.4) is 0 Å². The normalized spacial score (nSPS) is 13.1. The summed E-state index contributed by atoms with van der Waals surface area (Å²) < 4.78 is 5.69. The summed E-state index contributed by atoms with van der Waals surface area (Å²) in [6, 6.07) is 23.9. The summed E-state index contributed by atoms with van der Waals surface area (Å²) in [5.41, 5.74) is 5.58. The molecule has 6 heteroatoms. The topological polar surface area (TPSA) is 88.5 Å². The van der Waals surface area contributed by atoms with E-state index in [-0.39, 0.29) is 18.9 Å². The Balaban J connectivity index is 1.29. The smallest absolute Gasteiger partial charge is 0.407 e. The van der Waals surface area contributed by atoms with Gasteiger partial charge in [-0.05, 0) is 46.0 Å². The minimum Gasteiger partial charge on any atom is -0.481 e. The van der Waals surface area contributed by atoms with Crippen LogP contribution in [0.5, 0.6) is 0 Å². The third kappa shape index (κ3) is 4.87. The molecule has 1 unspecified atom stereocenters. The van der Waals surface area contributed by atoms with Crippen molar-refractivity contribution in [1.29, 1.82) is 0 Å². The number of nitrogens with zero attached hydrogens (tertiary/aromatic N) is 1. The summed E-state index contributed by atoms with van der Waals surface area (Å²) in [7, 11) is 0. The monoisotopic (exact) mass is 466 g/mol. The van der Waals surface area contributed by atoms with Crippen LogP contribution >= 0.6 is 0 Å². The van der Waals surface area contributed by atoms with Crippen molar-refractivity contribution in [2.24, 2.45) is 0 Å². The molecule has 5 rings (SSSR count). The molecule has 0 saturated carbocycles. The predicted octanol–water partition coefficient (Wildman–Crippen LogP) is 5.55. The number of amides is 1. The van der Waals surface area contributed by atoms with Gasteiger partial charge >= 0.3 is 12.1 Å². The summed E-state index contributed by atoms with van der Waals surface area (Å²) in [4.78, 5) is 28.4. The number of nitrogens with one attached hydrogen (secondary N) is 1. The molecule has 4 aromatic rings. The first-order valence-electron chi connectivity index (χ1n) is 11.7. The first kappa shape index (κ1) is 22.6. The van der Waals surface area contributed by atoms with Crippen molar-refractivity contribution < 1.29 is 19.4 Å². The number of aromatic nitrogens is 1. The average molecular weight is 467 g/mol. The second-order valence-corrected chi connectivity index (χ2v) is 8.82. The molecule has 1 heterocycles. The number of aliphatic carboxylic acids is 1. The van der Waals surface area contributed by atoms with Gasteiger partial charge in [0.15, 0.2) is 0 Å². The van der Waals surface area contributed by atoms with Gasteiger partial charge in [0.2, 0.25) is 0 Å². The van der Waals surface area contributed by atoms with Crippen molar-refractivity contribution in [1.82, 2.24) is 10.3 Å². The third-order valence-corrected chi connectivity index (χ3v) is 6.59. The van der Waals surface area contributed by atoms with Crippen molar-refractivity contribution in [3.8, 4) is 11.1 Å². The lowest BCUT2D eigenvalue weighted by atomic mass is 9.98. The first-order valence-corrected chi connectivity index (χ1v) is 11.7. The maximum absolute atomic E-state index is 12.8. The highest BCUT2D eigenvalue weighted by molar-refractivity contribution is 5.84. The van der Waals surface area contributed by atoms with Crippen molar-refractivity contribution in [2.45, 2.75) is 31.2 Å². The number of ether oxygens (including phenoxy) is 1. The molecule has 1 aliphatic carbocycles. The van der Waals surface area contributed by atoms with Crippen molar-refractivity contribution in [3.63, 3.8) is 0 Å². The number of pyridine rings is 1. The lowest BCUT2D eigenvalue weighted by Crippen LogP contribution is -2.38. The van der Waals surface area contributed by atoms with E-state index in [1.165, 1.54) is 11.1 Å². The molecule has 3 aromatic carbocycles. The third-order valence-electron chi connectivity index (χ3n) is 6.59. The molecule has 1 aliphatic rings. The summed E-state index contributed by atoms with van der Waals surface area (Å²) in [6.45, 7) is 0.210. The van der Waals surface area contributed by atoms with E-state index in [4.69, 9.17) is 4.74 Å². The molecule has 2 N–H and O–H groups in total. The number of benzene rings is 3. The van der Waals surface area contributed by atoms with Crippen LogP contribution in [0.25, 0.3) is 21.9 Å². The van der Waals surface area contributed by atoms with Crippen LogP contribution in [0.4, 0.5) is 4.79 Å². The predicted molar refractivity (Wildman–Crippen MR) is 134 cm³/mol. The van der Waals surface area contributed by atoms with Gasteiger partial charge in [-0.1, -0.05) is 72.8 Å². The minimum absolute atomic E-state index is 0.0344. The summed E-state index contributed by atoms with van der Waals surface area (Å²) in [5, 5.41) is 14.2. The quantitative estimate of drug-likeness (QED) is 0.355. The Morgan fingerprint density at radius 2 is 1.57 bits per heavy atom. The van der Waals surface area contributed by atoms with E-state index in [0.29, 0.717) is 12.8 Å². The fourth-order valence-electron chi connectivity index (χ4n) is 4.94. The van der Waals surface area contributed by atoms with Gasteiger partial charge in [-0.25, -0.2) is 4.79 Å². The Morgan fingerprint density at radius 1 is 0.914 bits per heavy atom. The van der Waals surface area contributed by atoms with Crippen molar-refractivity contribution >= 4 is 22.8 Å². The molecule has 0 bridgehead atoms. The molecule has 1 atom stereocenters. The molecule has 1 aromatic heterocycles. The van der Waals surface area contributed by atoms with Crippen LogP contribution in [0.15, 0.2) is 85.2 Å². The van der Waals surface area contributed by atoms with Crippen molar-refractivity contribution in [3.05, 3.63) is 102 Å². The minimum atomic E-state index is -0.902. The summed E-state index contributed by atoms with van der Waals surface area (Å²) in [6.07, 6.45) is 3.73. The zero-order valence-electron chi connectivity index (χ0n) is 19.2. The number of rotatable bonds is 8. The van der Waals surface area contributed by atoms with Crippen LogP contribution in [-0.4, -0.2) is 34.8 Å². The zero-order chi connectivity index (χ0) is 24.2. The Kier molecular flexibility index (Phi) is 6.44. The molecule has 1 amide bonds. The number of hydrogen-bond donors (Lipinski definition) is 2. The molecule has 0 saturated heterocycles. The van der Waals surface area contributed by atoms with Gasteiger partial charge in [0.25, 0.3) is 0 Å². The Labute approximate surface area is 203 Å². The van der Waals surface area contributed by atoms with Gasteiger partial charge in [0.1, 0.15) is 6.61 Å². The number of carboxylic acid groups (broad SMARTS) is 1. The van der Waals surface area contributed by atoms with E-state index in [1.807, 2.05) is 48.5 Å². The Morgan fingerprint density at radius 3 is 2.29 bits per heavy atom.